The van der Waals surface area contributed by atoms with Gasteiger partial charge in [0.05, 0.1) is 38.0 Å². The number of aliphatic hydroxyl groups excluding tert-OH is 1. The van der Waals surface area contributed by atoms with E-state index in [4.69, 9.17) is 25.8 Å². The number of amides is 1. The largest absolute Gasteiger partial charge is 0.507 e. The van der Waals surface area contributed by atoms with E-state index in [0.717, 1.165) is 0 Å². The highest BCUT2D eigenvalue weighted by atomic mass is 35.5. The fourth-order valence-electron chi connectivity index (χ4n) is 4.36. The molecule has 8 nitrogen and oxygen atoms in total. The van der Waals surface area contributed by atoms with Crippen LogP contribution in [-0.2, 0) is 9.59 Å². The second kappa shape index (κ2) is 10.4. The molecule has 2 N–H and O–H groups in total. The highest BCUT2D eigenvalue weighted by Gasteiger charge is 2.48. The number of nitrogens with zero attached hydrogens (tertiary/aromatic N) is 1. The summed E-state index contributed by atoms with van der Waals surface area (Å²) in [5.74, 6) is -1.33. The standard InChI is InChI=1S/C28H26ClNO7/c1-5-37-23-13-16(9-12-21(23)31)25-24(26(32)18-11-10-17(35-3)14-22(18)36-4)27(33)28(34)30(25)20-8-6-7-19(29)15(20)2/h6-14,25,31-32H,5H2,1-4H3/b26-24+. The number of rotatable bonds is 7. The van der Waals surface area contributed by atoms with Crippen LogP contribution in [0.1, 0.15) is 29.7 Å². The molecule has 37 heavy (non-hydrogen) atoms. The number of aromatic hydroxyl groups is 1. The Hall–Kier alpha value is -4.17. The first kappa shape index (κ1) is 25.9. The summed E-state index contributed by atoms with van der Waals surface area (Å²) in [6, 6.07) is 13.2. The number of hydrogen-bond acceptors (Lipinski definition) is 7. The van der Waals surface area contributed by atoms with Gasteiger partial charge >= 0.3 is 0 Å². The van der Waals surface area contributed by atoms with Crippen molar-refractivity contribution in [2.75, 3.05) is 25.7 Å². The first-order chi connectivity index (χ1) is 17.7. The zero-order valence-corrected chi connectivity index (χ0v) is 21.5. The Balaban J connectivity index is 2.02. The number of halogens is 1. The lowest BCUT2D eigenvalue weighted by Crippen LogP contribution is -2.30. The third-order valence-electron chi connectivity index (χ3n) is 6.21. The lowest BCUT2D eigenvalue weighted by atomic mass is 9.94. The number of benzene rings is 3. The van der Waals surface area contributed by atoms with Crippen LogP contribution in [0.15, 0.2) is 60.2 Å². The summed E-state index contributed by atoms with van der Waals surface area (Å²) in [5.41, 5.74) is 1.49. The number of ether oxygens (including phenoxy) is 3. The Bertz CT molecular complexity index is 1420. The molecule has 1 unspecified atom stereocenters. The number of phenolic OH excluding ortho intramolecular Hbond substituents is 1. The van der Waals surface area contributed by atoms with Crippen LogP contribution in [0.2, 0.25) is 5.02 Å². The van der Waals surface area contributed by atoms with Crippen LogP contribution < -0.4 is 19.1 Å². The molecule has 0 aromatic heterocycles. The molecule has 1 amide bonds. The third-order valence-corrected chi connectivity index (χ3v) is 6.62. The molecular formula is C28H26ClNO7. The third kappa shape index (κ3) is 4.56. The van der Waals surface area contributed by atoms with Crippen molar-refractivity contribution in [1.29, 1.82) is 0 Å². The minimum atomic E-state index is -1.05. The van der Waals surface area contributed by atoms with E-state index in [9.17, 15) is 19.8 Å². The van der Waals surface area contributed by atoms with Crippen molar-refractivity contribution in [3.8, 4) is 23.0 Å². The highest BCUT2D eigenvalue weighted by Crippen LogP contribution is 2.46. The normalized spacial score (nSPS) is 16.7. The lowest BCUT2D eigenvalue weighted by Gasteiger charge is -2.27. The fraction of sp³-hybridized carbons (Fsp3) is 0.214. The van der Waals surface area contributed by atoms with Gasteiger partial charge in [-0.1, -0.05) is 23.7 Å². The first-order valence-electron chi connectivity index (χ1n) is 11.5. The molecule has 3 aromatic carbocycles. The average molecular weight is 524 g/mol. The Morgan fingerprint density at radius 1 is 1.03 bits per heavy atom. The number of methoxy groups -OCH3 is 2. The molecule has 0 aliphatic carbocycles. The molecule has 0 bridgehead atoms. The minimum absolute atomic E-state index is 0.0988. The summed E-state index contributed by atoms with van der Waals surface area (Å²) < 4.78 is 16.2. The number of anilines is 1. The van der Waals surface area contributed by atoms with Crippen LogP contribution in [0.3, 0.4) is 0 Å². The van der Waals surface area contributed by atoms with Crippen LogP contribution in [0, 0.1) is 6.92 Å². The monoisotopic (exact) mass is 523 g/mol. The Kier molecular flexibility index (Phi) is 7.31. The summed E-state index contributed by atoms with van der Waals surface area (Å²) in [6.07, 6.45) is 0. The summed E-state index contributed by atoms with van der Waals surface area (Å²) in [5, 5.41) is 22.2. The first-order valence-corrected chi connectivity index (χ1v) is 11.8. The van der Waals surface area contributed by atoms with Gasteiger partial charge in [0.15, 0.2) is 11.5 Å². The van der Waals surface area contributed by atoms with E-state index in [2.05, 4.69) is 0 Å². The topological polar surface area (TPSA) is 106 Å². The molecular weight excluding hydrogens is 498 g/mol. The Labute approximate surface area is 219 Å². The molecule has 0 saturated carbocycles. The van der Waals surface area contributed by atoms with Gasteiger partial charge in [0.2, 0.25) is 0 Å². The Morgan fingerprint density at radius 2 is 1.78 bits per heavy atom. The summed E-state index contributed by atoms with van der Waals surface area (Å²) in [7, 11) is 2.92. The van der Waals surface area contributed by atoms with Gasteiger partial charge in [-0.15, -0.1) is 0 Å². The Morgan fingerprint density at radius 3 is 2.46 bits per heavy atom. The maximum atomic E-state index is 13.5. The van der Waals surface area contributed by atoms with Crippen molar-refractivity contribution < 1.29 is 34.0 Å². The van der Waals surface area contributed by atoms with Crippen LogP contribution in [-0.4, -0.2) is 42.7 Å². The van der Waals surface area contributed by atoms with Crippen molar-refractivity contribution in [3.63, 3.8) is 0 Å². The van der Waals surface area contributed by atoms with Crippen LogP contribution in [0.5, 0.6) is 23.0 Å². The van der Waals surface area contributed by atoms with Gasteiger partial charge in [0, 0.05) is 16.8 Å². The zero-order chi connectivity index (χ0) is 26.9. The van der Waals surface area contributed by atoms with Gasteiger partial charge in [0.1, 0.15) is 17.3 Å². The SMILES string of the molecule is CCOc1cc(C2/C(=C(\O)c3ccc(OC)cc3OC)C(=O)C(=O)N2c2cccc(Cl)c2C)ccc1O. The number of aliphatic hydroxyl groups is 1. The van der Waals surface area contributed by atoms with Gasteiger partial charge < -0.3 is 24.4 Å². The molecule has 1 atom stereocenters. The number of carbonyl (C=O) groups is 2. The van der Waals surface area contributed by atoms with E-state index >= 15 is 0 Å². The molecule has 9 heteroatoms. The molecule has 1 aliphatic rings. The molecule has 3 aromatic rings. The van der Waals surface area contributed by atoms with Crippen LogP contribution in [0.25, 0.3) is 5.76 Å². The van der Waals surface area contributed by atoms with E-state index in [1.807, 2.05) is 0 Å². The molecule has 1 aliphatic heterocycles. The van der Waals surface area contributed by atoms with Crippen molar-refractivity contribution in [2.45, 2.75) is 19.9 Å². The quantitative estimate of drug-likeness (QED) is 0.243. The smallest absolute Gasteiger partial charge is 0.300 e. The van der Waals surface area contributed by atoms with Gasteiger partial charge in [-0.05, 0) is 61.4 Å². The van der Waals surface area contributed by atoms with Crippen molar-refractivity contribution in [2.24, 2.45) is 0 Å². The van der Waals surface area contributed by atoms with Crippen molar-refractivity contribution in [1.82, 2.24) is 0 Å². The number of ketones is 1. The average Bonchev–Trinajstić information content (AvgIpc) is 3.16. The van der Waals surface area contributed by atoms with Gasteiger partial charge in [-0.25, -0.2) is 0 Å². The number of phenols is 1. The maximum absolute atomic E-state index is 13.5. The van der Waals surface area contributed by atoms with Crippen molar-refractivity contribution in [3.05, 3.63) is 81.9 Å². The fourth-order valence-corrected chi connectivity index (χ4v) is 4.53. The minimum Gasteiger partial charge on any atom is -0.507 e. The van der Waals surface area contributed by atoms with E-state index in [1.165, 1.54) is 25.2 Å². The molecule has 1 heterocycles. The van der Waals surface area contributed by atoms with Crippen LogP contribution >= 0.6 is 11.6 Å². The second-order valence-electron chi connectivity index (χ2n) is 8.28. The predicted molar refractivity (Wildman–Crippen MR) is 140 cm³/mol. The second-order valence-corrected chi connectivity index (χ2v) is 8.69. The van der Waals surface area contributed by atoms with E-state index in [1.54, 1.807) is 62.4 Å². The molecule has 0 spiro atoms. The van der Waals surface area contributed by atoms with Crippen molar-refractivity contribution >= 4 is 34.7 Å². The molecule has 0 radical (unpaired) electrons. The van der Waals surface area contributed by atoms with E-state index in [-0.39, 0.29) is 35.0 Å². The molecule has 4 rings (SSSR count). The van der Waals surface area contributed by atoms with Gasteiger partial charge in [0.25, 0.3) is 11.7 Å². The number of Topliss-reactive ketones (excluding diaryl/α,β-unsaturated/α-hetero) is 1. The highest BCUT2D eigenvalue weighted by molar-refractivity contribution is 6.52. The molecule has 192 valence electrons. The van der Waals surface area contributed by atoms with Gasteiger partial charge in [-0.3, -0.25) is 14.5 Å². The predicted octanol–water partition coefficient (Wildman–Crippen LogP) is 5.40. The molecule has 1 fully saturated rings. The maximum Gasteiger partial charge on any atom is 0.300 e. The number of hydrogen-bond donors (Lipinski definition) is 2. The zero-order valence-electron chi connectivity index (χ0n) is 20.7. The van der Waals surface area contributed by atoms with E-state index < -0.39 is 23.5 Å². The van der Waals surface area contributed by atoms with Crippen LogP contribution in [0.4, 0.5) is 5.69 Å². The summed E-state index contributed by atoms with van der Waals surface area (Å²) in [4.78, 5) is 28.3. The lowest BCUT2D eigenvalue weighted by molar-refractivity contribution is -0.132. The summed E-state index contributed by atoms with van der Waals surface area (Å²) >= 11 is 6.35. The van der Waals surface area contributed by atoms with Gasteiger partial charge in [-0.2, -0.15) is 0 Å². The number of carbonyl (C=O) groups excluding carboxylic acids is 2. The summed E-state index contributed by atoms with van der Waals surface area (Å²) in [6.45, 7) is 3.79. The van der Waals surface area contributed by atoms with E-state index in [0.29, 0.717) is 27.6 Å². The molecule has 1 saturated heterocycles.